The lowest BCUT2D eigenvalue weighted by Gasteiger charge is -2.40. The van der Waals surface area contributed by atoms with Crippen LogP contribution in [0.2, 0.25) is 0 Å². The number of halogens is 2. The van der Waals surface area contributed by atoms with E-state index in [0.29, 0.717) is 12.0 Å². The molecule has 1 aromatic heterocycles. The molecule has 0 saturated carbocycles. The largest absolute Gasteiger partial charge is 0.391 e. The summed E-state index contributed by atoms with van der Waals surface area (Å²) in [5.41, 5.74) is 4.37. The molecular weight excluding hydrogens is 474 g/mol. The van der Waals surface area contributed by atoms with Gasteiger partial charge in [-0.05, 0) is 65.5 Å². The van der Waals surface area contributed by atoms with E-state index in [1.54, 1.807) is 0 Å². The Labute approximate surface area is 216 Å². The molecule has 8 heteroatoms. The number of aromatic amines is 1. The lowest BCUT2D eigenvalue weighted by atomic mass is 9.74. The molecule has 4 rings (SSSR count). The molecule has 4 N–H and O–H groups in total. The number of H-pyrrole nitrogens is 1. The van der Waals surface area contributed by atoms with E-state index in [9.17, 15) is 18.7 Å². The van der Waals surface area contributed by atoms with Gasteiger partial charge in [0.1, 0.15) is 11.6 Å². The van der Waals surface area contributed by atoms with Crippen LogP contribution in [-0.4, -0.2) is 40.9 Å². The Balaban J connectivity index is 1.61. The van der Waals surface area contributed by atoms with Crippen LogP contribution in [0.25, 0.3) is 0 Å². The standard InChI is InChI=1S/C29H36F2N4O2/c1-28(2,3)20-6-5-7-21(13-20)29(9-8-25-19(15-29)16-34-35-25)33-17-26(36)24(27(37)32-4)12-18-10-22(30)14-23(31)11-18/h5-7,10-11,13-14,16,24,26,33,36H,8-9,12,15,17H2,1-4H3,(H,32,37)(H,34,35). The van der Waals surface area contributed by atoms with Crippen LogP contribution in [-0.2, 0) is 35.0 Å². The zero-order chi connectivity index (χ0) is 26.8. The number of hydrogen-bond donors (Lipinski definition) is 4. The topological polar surface area (TPSA) is 90.0 Å². The van der Waals surface area contributed by atoms with Gasteiger partial charge in [0.15, 0.2) is 0 Å². The highest BCUT2D eigenvalue weighted by atomic mass is 19.1. The Morgan fingerprint density at radius 2 is 1.92 bits per heavy atom. The minimum absolute atomic E-state index is 0.00951. The van der Waals surface area contributed by atoms with Crippen molar-refractivity contribution in [3.05, 3.63) is 88.2 Å². The van der Waals surface area contributed by atoms with Crippen molar-refractivity contribution in [1.82, 2.24) is 20.8 Å². The smallest absolute Gasteiger partial charge is 0.225 e. The molecule has 0 radical (unpaired) electrons. The number of nitrogens with one attached hydrogen (secondary N) is 3. The van der Waals surface area contributed by atoms with Gasteiger partial charge in [-0.15, -0.1) is 0 Å². The number of nitrogens with zero attached hydrogens (tertiary/aromatic N) is 1. The van der Waals surface area contributed by atoms with Crippen LogP contribution in [0.3, 0.4) is 0 Å². The van der Waals surface area contributed by atoms with Crippen molar-refractivity contribution in [2.24, 2.45) is 5.92 Å². The number of aliphatic hydroxyl groups excluding tert-OH is 1. The second kappa shape index (κ2) is 10.7. The number of aromatic nitrogens is 2. The number of fused-ring (bicyclic) bond motifs is 1. The monoisotopic (exact) mass is 510 g/mol. The fourth-order valence-electron chi connectivity index (χ4n) is 5.26. The van der Waals surface area contributed by atoms with E-state index in [4.69, 9.17) is 0 Å². The molecule has 1 aliphatic rings. The van der Waals surface area contributed by atoms with Gasteiger partial charge >= 0.3 is 0 Å². The van der Waals surface area contributed by atoms with Crippen molar-refractivity contribution in [3.8, 4) is 0 Å². The summed E-state index contributed by atoms with van der Waals surface area (Å²) in [7, 11) is 1.49. The third kappa shape index (κ3) is 6.08. The third-order valence-corrected chi connectivity index (χ3v) is 7.46. The van der Waals surface area contributed by atoms with Crippen LogP contribution in [0.15, 0.2) is 48.7 Å². The van der Waals surface area contributed by atoms with Crippen molar-refractivity contribution in [2.45, 2.75) is 63.5 Å². The molecule has 3 unspecified atom stereocenters. The quantitative estimate of drug-likeness (QED) is 0.370. The Bertz CT molecular complexity index is 1230. The summed E-state index contributed by atoms with van der Waals surface area (Å²) >= 11 is 0. The average molecular weight is 511 g/mol. The number of carbonyl (C=O) groups excluding carboxylic acids is 1. The fraction of sp³-hybridized carbons (Fsp3) is 0.448. The second-order valence-electron chi connectivity index (χ2n) is 11.1. The van der Waals surface area contributed by atoms with Crippen LogP contribution < -0.4 is 10.6 Å². The van der Waals surface area contributed by atoms with Gasteiger partial charge in [0.05, 0.1) is 18.2 Å². The molecule has 0 spiro atoms. The van der Waals surface area contributed by atoms with Crippen LogP contribution in [0, 0.1) is 17.6 Å². The van der Waals surface area contributed by atoms with Gasteiger partial charge in [-0.25, -0.2) is 8.78 Å². The van der Waals surface area contributed by atoms with Crippen molar-refractivity contribution < 1.29 is 18.7 Å². The van der Waals surface area contributed by atoms with E-state index in [0.717, 1.165) is 35.7 Å². The summed E-state index contributed by atoms with van der Waals surface area (Å²) in [6, 6.07) is 11.7. The van der Waals surface area contributed by atoms with E-state index in [1.165, 1.54) is 24.7 Å². The molecule has 1 heterocycles. The number of rotatable bonds is 8. The summed E-state index contributed by atoms with van der Waals surface area (Å²) in [5, 5.41) is 24.7. The molecule has 1 aliphatic carbocycles. The summed E-state index contributed by atoms with van der Waals surface area (Å²) < 4.78 is 27.6. The van der Waals surface area contributed by atoms with Crippen molar-refractivity contribution in [3.63, 3.8) is 0 Å². The first-order valence-corrected chi connectivity index (χ1v) is 12.7. The van der Waals surface area contributed by atoms with E-state index >= 15 is 0 Å². The zero-order valence-electron chi connectivity index (χ0n) is 21.9. The van der Waals surface area contributed by atoms with E-state index < -0.39 is 29.2 Å². The third-order valence-electron chi connectivity index (χ3n) is 7.46. The van der Waals surface area contributed by atoms with Crippen molar-refractivity contribution in [1.29, 1.82) is 0 Å². The minimum atomic E-state index is -1.08. The van der Waals surface area contributed by atoms with Gasteiger partial charge in [-0.1, -0.05) is 45.0 Å². The Hall–Kier alpha value is -3.10. The van der Waals surface area contributed by atoms with Gasteiger partial charge in [0.2, 0.25) is 5.91 Å². The number of aryl methyl sites for hydroxylation is 1. The predicted molar refractivity (Wildman–Crippen MR) is 139 cm³/mol. The first-order valence-electron chi connectivity index (χ1n) is 12.7. The van der Waals surface area contributed by atoms with Crippen molar-refractivity contribution in [2.75, 3.05) is 13.6 Å². The van der Waals surface area contributed by atoms with Gasteiger partial charge in [0, 0.05) is 30.9 Å². The maximum absolute atomic E-state index is 13.8. The second-order valence-corrected chi connectivity index (χ2v) is 11.1. The van der Waals surface area contributed by atoms with E-state index in [-0.39, 0.29) is 24.3 Å². The summed E-state index contributed by atoms with van der Waals surface area (Å²) in [6.07, 6.45) is 3.02. The first kappa shape index (κ1) is 26.9. The highest BCUT2D eigenvalue weighted by Gasteiger charge is 2.38. The molecule has 1 amide bonds. The zero-order valence-corrected chi connectivity index (χ0v) is 21.9. The first-order chi connectivity index (χ1) is 17.5. The minimum Gasteiger partial charge on any atom is -0.391 e. The highest BCUT2D eigenvalue weighted by molar-refractivity contribution is 5.79. The SMILES string of the molecule is CNC(=O)C(Cc1cc(F)cc(F)c1)C(O)CNC1(c2cccc(C(C)(C)C)c2)CCc2[nH]ncc2C1. The van der Waals surface area contributed by atoms with E-state index in [2.05, 4.69) is 65.9 Å². The van der Waals surface area contributed by atoms with Gasteiger partial charge < -0.3 is 15.7 Å². The molecule has 6 nitrogen and oxygen atoms in total. The number of carbonyl (C=O) groups is 1. The lowest BCUT2D eigenvalue weighted by Crippen LogP contribution is -2.52. The average Bonchev–Trinajstić information content (AvgIpc) is 3.32. The number of aliphatic hydroxyl groups is 1. The number of benzene rings is 2. The molecule has 0 bridgehead atoms. The number of amides is 1. The van der Waals surface area contributed by atoms with Crippen LogP contribution in [0.1, 0.15) is 55.1 Å². The molecule has 0 aliphatic heterocycles. The normalized spacial score (nSPS) is 19.2. The van der Waals surface area contributed by atoms with Crippen molar-refractivity contribution >= 4 is 5.91 Å². The molecule has 3 atom stereocenters. The maximum Gasteiger partial charge on any atom is 0.225 e. The molecule has 2 aromatic carbocycles. The van der Waals surface area contributed by atoms with Gasteiger partial charge in [0.25, 0.3) is 0 Å². The van der Waals surface area contributed by atoms with Crippen LogP contribution in [0.4, 0.5) is 8.78 Å². The molecule has 3 aromatic rings. The Morgan fingerprint density at radius 3 is 2.59 bits per heavy atom. The Morgan fingerprint density at radius 1 is 1.19 bits per heavy atom. The molecule has 198 valence electrons. The summed E-state index contributed by atoms with van der Waals surface area (Å²) in [5.74, 6) is -2.70. The molecular formula is C29H36F2N4O2. The predicted octanol–water partition coefficient (Wildman–Crippen LogP) is 3.93. The van der Waals surface area contributed by atoms with Crippen LogP contribution >= 0.6 is 0 Å². The van der Waals surface area contributed by atoms with Crippen LogP contribution in [0.5, 0.6) is 0 Å². The molecule has 0 saturated heterocycles. The fourth-order valence-corrected chi connectivity index (χ4v) is 5.26. The lowest BCUT2D eigenvalue weighted by molar-refractivity contribution is -0.128. The highest BCUT2D eigenvalue weighted by Crippen LogP contribution is 2.37. The molecule has 37 heavy (non-hydrogen) atoms. The maximum atomic E-state index is 13.8. The summed E-state index contributed by atoms with van der Waals surface area (Å²) in [6.45, 7) is 6.65. The Kier molecular flexibility index (Phi) is 7.80. The van der Waals surface area contributed by atoms with Gasteiger partial charge in [-0.2, -0.15) is 5.10 Å². The van der Waals surface area contributed by atoms with E-state index in [1.807, 2.05) is 6.20 Å². The number of hydrogen-bond acceptors (Lipinski definition) is 4. The summed E-state index contributed by atoms with van der Waals surface area (Å²) in [4.78, 5) is 12.7. The van der Waals surface area contributed by atoms with Gasteiger partial charge in [-0.3, -0.25) is 9.89 Å². The molecule has 0 fully saturated rings.